The van der Waals surface area contributed by atoms with Gasteiger partial charge in [0.25, 0.3) is 5.56 Å². The standard InChI is InChI=1S/C18H14ClN5O2S/c1-23-7-6-13-16(17(23)26)24(10-20-13)8-15(25)22-18-21-14(9-27-18)11-2-4-12(19)5-3-11/h2-7,9-10H,8H2,1H3,(H,21,22,25). The Hall–Kier alpha value is -2.97. The molecule has 0 saturated carbocycles. The lowest BCUT2D eigenvalue weighted by molar-refractivity contribution is -0.116. The molecule has 9 heteroatoms. The van der Waals surface area contributed by atoms with Crippen LogP contribution in [0.15, 0.2) is 53.0 Å². The summed E-state index contributed by atoms with van der Waals surface area (Å²) in [5, 5.41) is 5.77. The van der Waals surface area contributed by atoms with Crippen LogP contribution >= 0.6 is 22.9 Å². The third-order valence-electron chi connectivity index (χ3n) is 4.05. The molecule has 7 nitrogen and oxygen atoms in total. The lowest BCUT2D eigenvalue weighted by Crippen LogP contribution is -2.22. The summed E-state index contributed by atoms with van der Waals surface area (Å²) in [5.74, 6) is -0.280. The van der Waals surface area contributed by atoms with Gasteiger partial charge >= 0.3 is 0 Å². The molecule has 0 saturated heterocycles. The number of pyridine rings is 1. The topological polar surface area (TPSA) is 81.8 Å². The van der Waals surface area contributed by atoms with Crippen LogP contribution in [0.1, 0.15) is 0 Å². The normalized spacial score (nSPS) is 11.0. The molecule has 0 aliphatic rings. The molecule has 1 aromatic carbocycles. The molecule has 27 heavy (non-hydrogen) atoms. The van der Waals surface area contributed by atoms with Gasteiger partial charge in [-0.2, -0.15) is 0 Å². The van der Waals surface area contributed by atoms with E-state index in [1.165, 1.54) is 22.2 Å². The summed E-state index contributed by atoms with van der Waals surface area (Å²) in [4.78, 5) is 33.3. The van der Waals surface area contributed by atoms with Crippen molar-refractivity contribution in [3.05, 3.63) is 63.6 Å². The Morgan fingerprint density at radius 3 is 2.81 bits per heavy atom. The van der Waals surface area contributed by atoms with Gasteiger partial charge < -0.3 is 14.5 Å². The van der Waals surface area contributed by atoms with Crippen molar-refractivity contribution in [3.8, 4) is 11.3 Å². The molecule has 0 bridgehead atoms. The number of anilines is 1. The Morgan fingerprint density at radius 1 is 1.26 bits per heavy atom. The van der Waals surface area contributed by atoms with E-state index in [9.17, 15) is 9.59 Å². The van der Waals surface area contributed by atoms with E-state index in [0.29, 0.717) is 21.2 Å². The first-order chi connectivity index (χ1) is 13.0. The van der Waals surface area contributed by atoms with Gasteiger partial charge in [0.2, 0.25) is 5.91 Å². The molecule has 0 spiro atoms. The van der Waals surface area contributed by atoms with E-state index in [1.807, 2.05) is 17.5 Å². The highest BCUT2D eigenvalue weighted by Crippen LogP contribution is 2.26. The summed E-state index contributed by atoms with van der Waals surface area (Å²) >= 11 is 7.23. The number of nitrogens with one attached hydrogen (secondary N) is 1. The quantitative estimate of drug-likeness (QED) is 0.571. The largest absolute Gasteiger partial charge is 0.317 e. The van der Waals surface area contributed by atoms with Crippen molar-refractivity contribution in [2.75, 3.05) is 5.32 Å². The average Bonchev–Trinajstić information content (AvgIpc) is 3.26. The Kier molecular flexibility index (Phi) is 4.51. The molecular formula is C18H14ClN5O2S. The minimum Gasteiger partial charge on any atom is -0.317 e. The zero-order chi connectivity index (χ0) is 19.0. The van der Waals surface area contributed by atoms with E-state index in [-0.39, 0.29) is 18.0 Å². The van der Waals surface area contributed by atoms with Gasteiger partial charge in [-0.25, -0.2) is 9.97 Å². The second-order valence-corrected chi connectivity index (χ2v) is 7.23. The monoisotopic (exact) mass is 399 g/mol. The number of amides is 1. The van der Waals surface area contributed by atoms with E-state index >= 15 is 0 Å². The van der Waals surface area contributed by atoms with Gasteiger partial charge in [0.1, 0.15) is 12.1 Å². The van der Waals surface area contributed by atoms with E-state index < -0.39 is 0 Å². The maximum Gasteiger partial charge on any atom is 0.276 e. The minimum atomic E-state index is -0.280. The second-order valence-electron chi connectivity index (χ2n) is 5.93. The third kappa shape index (κ3) is 3.49. The first kappa shape index (κ1) is 17.4. The van der Waals surface area contributed by atoms with E-state index in [1.54, 1.807) is 36.0 Å². The fraction of sp³-hybridized carbons (Fsp3) is 0.111. The molecule has 1 N–H and O–H groups in total. The van der Waals surface area contributed by atoms with Gasteiger partial charge in [0.15, 0.2) is 5.13 Å². The van der Waals surface area contributed by atoms with Crippen LogP contribution in [0.4, 0.5) is 5.13 Å². The van der Waals surface area contributed by atoms with Crippen molar-refractivity contribution in [1.82, 2.24) is 19.1 Å². The molecule has 0 fully saturated rings. The highest BCUT2D eigenvalue weighted by atomic mass is 35.5. The van der Waals surface area contributed by atoms with Gasteiger partial charge in [-0.15, -0.1) is 11.3 Å². The fourth-order valence-electron chi connectivity index (χ4n) is 2.69. The summed E-state index contributed by atoms with van der Waals surface area (Å²) in [7, 11) is 1.66. The molecule has 0 aliphatic heterocycles. The number of hydrogen-bond donors (Lipinski definition) is 1. The minimum absolute atomic E-state index is 0.0222. The Balaban J connectivity index is 1.51. The van der Waals surface area contributed by atoms with E-state index in [4.69, 9.17) is 11.6 Å². The number of carbonyl (C=O) groups excluding carboxylic acids is 1. The molecule has 4 rings (SSSR count). The van der Waals surface area contributed by atoms with Gasteiger partial charge in [-0.1, -0.05) is 23.7 Å². The van der Waals surface area contributed by atoms with Gasteiger partial charge in [-0.3, -0.25) is 9.59 Å². The summed E-state index contributed by atoms with van der Waals surface area (Å²) in [6.07, 6.45) is 3.14. The fourth-order valence-corrected chi connectivity index (χ4v) is 3.55. The number of thiazole rings is 1. The zero-order valence-electron chi connectivity index (χ0n) is 14.2. The lowest BCUT2D eigenvalue weighted by atomic mass is 10.2. The van der Waals surface area contributed by atoms with Gasteiger partial charge in [0.05, 0.1) is 17.5 Å². The number of rotatable bonds is 4. The number of halogens is 1. The molecule has 0 atom stereocenters. The van der Waals surface area contributed by atoms with Crippen molar-refractivity contribution >= 4 is 45.0 Å². The van der Waals surface area contributed by atoms with Crippen LogP contribution in [0.3, 0.4) is 0 Å². The number of fused-ring (bicyclic) bond motifs is 1. The van der Waals surface area contributed by atoms with Crippen molar-refractivity contribution < 1.29 is 4.79 Å². The molecule has 4 aromatic rings. The molecule has 0 unspecified atom stereocenters. The Bertz CT molecular complexity index is 1190. The van der Waals surface area contributed by atoms with Crippen molar-refractivity contribution in [2.24, 2.45) is 7.05 Å². The van der Waals surface area contributed by atoms with Gasteiger partial charge in [-0.05, 0) is 18.2 Å². The summed E-state index contributed by atoms with van der Waals surface area (Å²) in [6, 6.07) is 9.06. The Morgan fingerprint density at radius 2 is 2.04 bits per heavy atom. The molecule has 0 aliphatic carbocycles. The van der Waals surface area contributed by atoms with Crippen LogP contribution in [-0.4, -0.2) is 25.0 Å². The van der Waals surface area contributed by atoms with Crippen LogP contribution in [0, 0.1) is 0 Å². The number of carbonyl (C=O) groups is 1. The number of aromatic nitrogens is 4. The zero-order valence-corrected chi connectivity index (χ0v) is 15.8. The van der Waals surface area contributed by atoms with Crippen molar-refractivity contribution in [2.45, 2.75) is 6.54 Å². The first-order valence-corrected chi connectivity index (χ1v) is 9.29. The lowest BCUT2D eigenvalue weighted by Gasteiger charge is -2.05. The highest BCUT2D eigenvalue weighted by molar-refractivity contribution is 7.14. The number of hydrogen-bond acceptors (Lipinski definition) is 5. The van der Waals surface area contributed by atoms with Crippen LogP contribution in [0.2, 0.25) is 5.02 Å². The molecule has 0 radical (unpaired) electrons. The molecular weight excluding hydrogens is 386 g/mol. The van der Waals surface area contributed by atoms with E-state index in [2.05, 4.69) is 15.3 Å². The number of nitrogens with zero attached hydrogens (tertiary/aromatic N) is 4. The predicted molar refractivity (Wildman–Crippen MR) is 106 cm³/mol. The summed E-state index contributed by atoms with van der Waals surface area (Å²) in [6.45, 7) is -0.0222. The second kappa shape index (κ2) is 6.98. The smallest absolute Gasteiger partial charge is 0.276 e. The van der Waals surface area contributed by atoms with Crippen LogP contribution in [0.25, 0.3) is 22.3 Å². The number of benzene rings is 1. The summed E-state index contributed by atoms with van der Waals surface area (Å²) in [5.41, 5.74) is 2.44. The first-order valence-electron chi connectivity index (χ1n) is 8.03. The van der Waals surface area contributed by atoms with Gasteiger partial charge in [0, 0.05) is 29.2 Å². The molecule has 1 amide bonds. The third-order valence-corrected chi connectivity index (χ3v) is 5.06. The molecule has 3 aromatic heterocycles. The Labute approximate surface area is 162 Å². The van der Waals surface area contributed by atoms with Crippen LogP contribution in [0.5, 0.6) is 0 Å². The summed E-state index contributed by atoms with van der Waals surface area (Å²) < 4.78 is 3.00. The van der Waals surface area contributed by atoms with Crippen molar-refractivity contribution in [1.29, 1.82) is 0 Å². The van der Waals surface area contributed by atoms with Crippen molar-refractivity contribution in [3.63, 3.8) is 0 Å². The highest BCUT2D eigenvalue weighted by Gasteiger charge is 2.13. The number of imidazole rings is 1. The van der Waals surface area contributed by atoms with E-state index in [0.717, 1.165) is 11.3 Å². The maximum atomic E-state index is 12.4. The van der Waals surface area contributed by atoms with Crippen LogP contribution < -0.4 is 10.9 Å². The SMILES string of the molecule is Cn1ccc2ncn(CC(=O)Nc3nc(-c4ccc(Cl)cc4)cs3)c2c1=O. The average molecular weight is 400 g/mol. The molecule has 136 valence electrons. The maximum absolute atomic E-state index is 12.4. The van der Waals surface area contributed by atoms with Crippen LogP contribution in [-0.2, 0) is 18.4 Å². The number of aryl methyl sites for hydroxylation is 1. The molecule has 3 heterocycles. The predicted octanol–water partition coefficient (Wildman–Crippen LogP) is 3.15.